The summed E-state index contributed by atoms with van der Waals surface area (Å²) in [7, 11) is -2.53. The largest absolute Gasteiger partial charge is 0.497 e. The van der Waals surface area contributed by atoms with Gasteiger partial charge in [0.25, 0.3) is 5.91 Å². The number of carbonyl (C=O) groups is 1. The fourth-order valence-electron chi connectivity index (χ4n) is 2.89. The molecule has 0 atom stereocenters. The van der Waals surface area contributed by atoms with E-state index in [9.17, 15) is 18.5 Å². The van der Waals surface area contributed by atoms with Gasteiger partial charge in [-0.1, -0.05) is 24.3 Å². The fourth-order valence-corrected chi connectivity index (χ4v) is 3.85. The predicted molar refractivity (Wildman–Crippen MR) is 127 cm³/mol. The summed E-state index contributed by atoms with van der Waals surface area (Å²) in [6.45, 7) is 1.99. The summed E-state index contributed by atoms with van der Waals surface area (Å²) in [5.41, 5.74) is 0.801. The van der Waals surface area contributed by atoms with Crippen molar-refractivity contribution in [3.05, 3.63) is 83.9 Å². The number of nitriles is 1. The Morgan fingerprint density at radius 2 is 1.74 bits per heavy atom. The Bertz CT molecular complexity index is 1330. The molecule has 3 aromatic carbocycles. The van der Waals surface area contributed by atoms with E-state index in [1.165, 1.54) is 43.5 Å². The Morgan fingerprint density at radius 3 is 2.35 bits per heavy atom. The first-order valence-corrected chi connectivity index (χ1v) is 11.6. The SMILES string of the molecule is CCOc1cc(/C=C(\C#N)C(=O)Nc2ccc(OC)cc2)ccc1OS(=O)(=O)c1ccccc1. The van der Waals surface area contributed by atoms with Gasteiger partial charge in [0, 0.05) is 5.69 Å². The van der Waals surface area contributed by atoms with Gasteiger partial charge >= 0.3 is 10.1 Å². The monoisotopic (exact) mass is 478 g/mol. The summed E-state index contributed by atoms with van der Waals surface area (Å²) in [5.74, 6) is 0.180. The zero-order valence-corrected chi connectivity index (χ0v) is 19.3. The second-order valence-corrected chi connectivity index (χ2v) is 8.39. The molecule has 0 aromatic heterocycles. The van der Waals surface area contributed by atoms with Crippen molar-refractivity contribution in [1.29, 1.82) is 5.26 Å². The zero-order valence-electron chi connectivity index (χ0n) is 18.5. The lowest BCUT2D eigenvalue weighted by molar-refractivity contribution is -0.112. The van der Waals surface area contributed by atoms with Crippen molar-refractivity contribution in [2.75, 3.05) is 19.0 Å². The number of hydrogen-bond donors (Lipinski definition) is 1. The maximum Gasteiger partial charge on any atom is 0.339 e. The first-order chi connectivity index (χ1) is 16.4. The van der Waals surface area contributed by atoms with Crippen LogP contribution in [0.5, 0.6) is 17.2 Å². The molecule has 0 bridgehead atoms. The molecule has 0 unspecified atom stereocenters. The first-order valence-electron chi connectivity index (χ1n) is 10.2. The van der Waals surface area contributed by atoms with Crippen molar-refractivity contribution < 1.29 is 26.9 Å². The fraction of sp³-hybridized carbons (Fsp3) is 0.120. The van der Waals surface area contributed by atoms with Crippen LogP contribution >= 0.6 is 0 Å². The van der Waals surface area contributed by atoms with E-state index in [0.29, 0.717) is 17.0 Å². The summed E-state index contributed by atoms with van der Waals surface area (Å²) in [6.07, 6.45) is 1.37. The second-order valence-electron chi connectivity index (χ2n) is 6.84. The number of rotatable bonds is 9. The van der Waals surface area contributed by atoms with Gasteiger partial charge in [0.15, 0.2) is 11.5 Å². The molecule has 0 spiro atoms. The van der Waals surface area contributed by atoms with Crippen LogP contribution in [0.1, 0.15) is 12.5 Å². The Balaban J connectivity index is 1.84. The lowest BCUT2D eigenvalue weighted by Crippen LogP contribution is -2.13. The van der Waals surface area contributed by atoms with Gasteiger partial charge in [-0.3, -0.25) is 4.79 Å². The number of nitrogens with zero attached hydrogens (tertiary/aromatic N) is 1. The average molecular weight is 479 g/mol. The Morgan fingerprint density at radius 1 is 1.03 bits per heavy atom. The highest BCUT2D eigenvalue weighted by atomic mass is 32.2. The van der Waals surface area contributed by atoms with Crippen molar-refractivity contribution in [2.45, 2.75) is 11.8 Å². The van der Waals surface area contributed by atoms with E-state index >= 15 is 0 Å². The second kappa shape index (κ2) is 11.0. The molecule has 0 saturated heterocycles. The number of amides is 1. The Hall–Kier alpha value is -4.29. The molecule has 0 saturated carbocycles. The van der Waals surface area contributed by atoms with Crippen molar-refractivity contribution in [2.24, 2.45) is 0 Å². The van der Waals surface area contributed by atoms with Crippen LogP contribution < -0.4 is 19.0 Å². The number of carbonyl (C=O) groups excluding carboxylic acids is 1. The molecule has 3 aromatic rings. The standard InChI is InChI=1S/C25H22N2O6S/c1-3-32-24-16-18(9-14-23(24)33-34(29,30)22-7-5-4-6-8-22)15-19(17-26)25(28)27-20-10-12-21(31-2)13-11-20/h4-16H,3H2,1-2H3,(H,27,28)/b19-15+. The van der Waals surface area contributed by atoms with Gasteiger partial charge in [0.2, 0.25) is 0 Å². The van der Waals surface area contributed by atoms with E-state index in [2.05, 4.69) is 5.32 Å². The highest BCUT2D eigenvalue weighted by molar-refractivity contribution is 7.87. The molecule has 0 fully saturated rings. The quantitative estimate of drug-likeness (QED) is 0.275. The molecule has 8 nitrogen and oxygen atoms in total. The molecular weight excluding hydrogens is 456 g/mol. The maximum absolute atomic E-state index is 12.6. The number of methoxy groups -OCH3 is 1. The third-order valence-corrected chi connectivity index (χ3v) is 5.77. The lowest BCUT2D eigenvalue weighted by Gasteiger charge is -2.13. The van der Waals surface area contributed by atoms with Gasteiger partial charge in [-0.05, 0) is 67.1 Å². The van der Waals surface area contributed by atoms with Crippen LogP contribution in [0.3, 0.4) is 0 Å². The van der Waals surface area contributed by atoms with E-state index in [1.807, 2.05) is 6.07 Å². The lowest BCUT2D eigenvalue weighted by atomic mass is 10.1. The third-order valence-electron chi connectivity index (χ3n) is 4.52. The van der Waals surface area contributed by atoms with E-state index < -0.39 is 16.0 Å². The van der Waals surface area contributed by atoms with Crippen LogP contribution in [0.25, 0.3) is 6.08 Å². The zero-order chi connectivity index (χ0) is 24.6. The van der Waals surface area contributed by atoms with Gasteiger partial charge in [0.05, 0.1) is 13.7 Å². The van der Waals surface area contributed by atoms with E-state index in [-0.39, 0.29) is 28.6 Å². The van der Waals surface area contributed by atoms with Gasteiger partial charge in [-0.2, -0.15) is 13.7 Å². The van der Waals surface area contributed by atoms with Gasteiger partial charge in [-0.25, -0.2) is 0 Å². The number of hydrogen-bond acceptors (Lipinski definition) is 7. The highest BCUT2D eigenvalue weighted by Crippen LogP contribution is 2.32. The summed E-state index contributed by atoms with van der Waals surface area (Å²) < 4.78 is 41.0. The molecule has 1 amide bonds. The topological polar surface area (TPSA) is 115 Å². The summed E-state index contributed by atoms with van der Waals surface area (Å²) in [5, 5.41) is 12.1. The van der Waals surface area contributed by atoms with Crippen LogP contribution in [0.15, 0.2) is 83.3 Å². The number of ether oxygens (including phenoxy) is 2. The molecule has 0 aliphatic heterocycles. The van der Waals surface area contributed by atoms with Crippen LogP contribution in [-0.4, -0.2) is 28.0 Å². The molecule has 0 radical (unpaired) electrons. The molecule has 0 aliphatic carbocycles. The number of nitrogens with one attached hydrogen (secondary N) is 1. The highest BCUT2D eigenvalue weighted by Gasteiger charge is 2.19. The molecule has 174 valence electrons. The van der Waals surface area contributed by atoms with Crippen LogP contribution in [-0.2, 0) is 14.9 Å². The molecule has 9 heteroatoms. The Labute approximate surface area is 198 Å². The Kier molecular flexibility index (Phi) is 7.90. The van der Waals surface area contributed by atoms with Crippen LogP contribution in [0.2, 0.25) is 0 Å². The predicted octanol–water partition coefficient (Wildman–Crippen LogP) is 4.41. The maximum atomic E-state index is 12.6. The first kappa shape index (κ1) is 24.4. The van der Waals surface area contributed by atoms with Crippen molar-refractivity contribution in [1.82, 2.24) is 0 Å². The van der Waals surface area contributed by atoms with Crippen molar-refractivity contribution in [3.63, 3.8) is 0 Å². The molecule has 34 heavy (non-hydrogen) atoms. The number of anilines is 1. The third kappa shape index (κ3) is 6.15. The van der Waals surface area contributed by atoms with Gasteiger partial charge < -0.3 is 19.0 Å². The summed E-state index contributed by atoms with van der Waals surface area (Å²) >= 11 is 0. The molecule has 3 rings (SSSR count). The van der Waals surface area contributed by atoms with Crippen LogP contribution in [0.4, 0.5) is 5.69 Å². The smallest absolute Gasteiger partial charge is 0.339 e. The normalized spacial score (nSPS) is 11.3. The van der Waals surface area contributed by atoms with Gasteiger partial charge in [-0.15, -0.1) is 0 Å². The molecule has 0 heterocycles. The summed E-state index contributed by atoms with van der Waals surface area (Å²) in [4.78, 5) is 12.6. The van der Waals surface area contributed by atoms with Crippen molar-refractivity contribution >= 4 is 27.8 Å². The van der Waals surface area contributed by atoms with Crippen LogP contribution in [0, 0.1) is 11.3 Å². The van der Waals surface area contributed by atoms with E-state index in [0.717, 1.165) is 0 Å². The van der Waals surface area contributed by atoms with Gasteiger partial charge in [0.1, 0.15) is 22.3 Å². The van der Waals surface area contributed by atoms with E-state index in [1.54, 1.807) is 49.4 Å². The van der Waals surface area contributed by atoms with E-state index in [4.69, 9.17) is 13.7 Å². The molecular formula is C25H22N2O6S. The molecule has 1 N–H and O–H groups in total. The average Bonchev–Trinajstić information content (AvgIpc) is 2.85. The minimum atomic E-state index is -4.07. The minimum Gasteiger partial charge on any atom is -0.497 e. The molecule has 0 aliphatic rings. The van der Waals surface area contributed by atoms with Crippen molar-refractivity contribution in [3.8, 4) is 23.3 Å². The minimum absolute atomic E-state index is 0.00314. The number of benzene rings is 3. The summed E-state index contributed by atoms with van der Waals surface area (Å²) in [6, 6.07) is 20.7.